The second-order valence-corrected chi connectivity index (χ2v) is 6.21. The van der Waals surface area contributed by atoms with Crippen LogP contribution in [0.3, 0.4) is 0 Å². The van der Waals surface area contributed by atoms with E-state index in [0.717, 1.165) is 17.0 Å². The molecule has 0 saturated carbocycles. The molecule has 1 amide bonds. The normalized spacial score (nSPS) is 22.8. The third kappa shape index (κ3) is 3.17. The standard InChI is InChI=1S/C14H20N2O3S/c1-9-12(20-8-15-9)5-6-13(17)16-7-3-4-11(10(16)2)14(18)19/h8,10-11H,3-7H2,1-2H3,(H,18,19)/t10-,11-/m1/s1. The van der Waals surface area contributed by atoms with Crippen LogP contribution in [0.4, 0.5) is 0 Å². The highest BCUT2D eigenvalue weighted by molar-refractivity contribution is 7.09. The van der Waals surface area contributed by atoms with E-state index in [9.17, 15) is 14.7 Å². The highest BCUT2D eigenvalue weighted by atomic mass is 32.1. The summed E-state index contributed by atoms with van der Waals surface area (Å²) in [6.07, 6.45) is 2.55. The number of thiazole rings is 1. The van der Waals surface area contributed by atoms with Crippen LogP contribution < -0.4 is 0 Å². The molecule has 20 heavy (non-hydrogen) atoms. The van der Waals surface area contributed by atoms with Gasteiger partial charge < -0.3 is 10.0 Å². The molecule has 6 heteroatoms. The molecule has 1 aromatic heterocycles. The van der Waals surface area contributed by atoms with Crippen LogP contribution in [0.25, 0.3) is 0 Å². The lowest BCUT2D eigenvalue weighted by Gasteiger charge is -2.37. The number of aromatic nitrogens is 1. The Labute approximate surface area is 122 Å². The number of carboxylic acid groups (broad SMARTS) is 1. The molecule has 1 aromatic rings. The van der Waals surface area contributed by atoms with Crippen molar-refractivity contribution in [3.05, 3.63) is 16.1 Å². The summed E-state index contributed by atoms with van der Waals surface area (Å²) in [7, 11) is 0. The summed E-state index contributed by atoms with van der Waals surface area (Å²) in [5.41, 5.74) is 2.77. The summed E-state index contributed by atoms with van der Waals surface area (Å²) < 4.78 is 0. The van der Waals surface area contributed by atoms with E-state index >= 15 is 0 Å². The molecular formula is C14H20N2O3S. The van der Waals surface area contributed by atoms with Crippen LogP contribution in [0.5, 0.6) is 0 Å². The molecule has 1 N–H and O–H groups in total. The number of carbonyl (C=O) groups excluding carboxylic acids is 1. The predicted octanol–water partition coefficient (Wildman–Crippen LogP) is 2.10. The number of carbonyl (C=O) groups is 2. The van der Waals surface area contributed by atoms with Gasteiger partial charge in [0.1, 0.15) is 0 Å². The largest absolute Gasteiger partial charge is 0.481 e. The van der Waals surface area contributed by atoms with Gasteiger partial charge in [-0.2, -0.15) is 0 Å². The smallest absolute Gasteiger partial charge is 0.308 e. The van der Waals surface area contributed by atoms with E-state index in [0.29, 0.717) is 25.8 Å². The number of piperidine rings is 1. The van der Waals surface area contributed by atoms with Gasteiger partial charge in [0.05, 0.1) is 17.1 Å². The first-order valence-corrected chi connectivity index (χ1v) is 7.80. The zero-order chi connectivity index (χ0) is 14.7. The summed E-state index contributed by atoms with van der Waals surface area (Å²) in [5, 5.41) is 9.18. The van der Waals surface area contributed by atoms with E-state index in [-0.39, 0.29) is 11.9 Å². The van der Waals surface area contributed by atoms with Gasteiger partial charge in [-0.3, -0.25) is 9.59 Å². The maximum absolute atomic E-state index is 12.3. The number of likely N-dealkylation sites (tertiary alicyclic amines) is 1. The summed E-state index contributed by atoms with van der Waals surface area (Å²) in [4.78, 5) is 30.5. The first kappa shape index (κ1) is 15.0. The van der Waals surface area contributed by atoms with Gasteiger partial charge in [0.25, 0.3) is 0 Å². The molecule has 1 saturated heterocycles. The third-order valence-electron chi connectivity index (χ3n) is 4.04. The van der Waals surface area contributed by atoms with Crippen molar-refractivity contribution in [3.63, 3.8) is 0 Å². The topological polar surface area (TPSA) is 70.5 Å². The monoisotopic (exact) mass is 296 g/mol. The number of carboxylic acids is 1. The minimum Gasteiger partial charge on any atom is -0.481 e. The van der Waals surface area contributed by atoms with Gasteiger partial charge >= 0.3 is 5.97 Å². The maximum atomic E-state index is 12.3. The van der Waals surface area contributed by atoms with Gasteiger partial charge in [-0.1, -0.05) is 0 Å². The van der Waals surface area contributed by atoms with Crippen LogP contribution in [-0.2, 0) is 16.0 Å². The van der Waals surface area contributed by atoms with Crippen molar-refractivity contribution in [1.29, 1.82) is 0 Å². The van der Waals surface area contributed by atoms with Crippen molar-refractivity contribution in [2.24, 2.45) is 5.92 Å². The molecule has 1 aliphatic rings. The first-order valence-electron chi connectivity index (χ1n) is 6.92. The summed E-state index contributed by atoms with van der Waals surface area (Å²) >= 11 is 1.57. The predicted molar refractivity (Wildman–Crippen MR) is 76.7 cm³/mol. The van der Waals surface area contributed by atoms with Gasteiger partial charge in [0.15, 0.2) is 0 Å². The SMILES string of the molecule is Cc1ncsc1CCC(=O)N1CCC[C@@H](C(=O)O)[C@H]1C. The molecule has 2 atom stereocenters. The minimum absolute atomic E-state index is 0.0521. The van der Waals surface area contributed by atoms with Crippen molar-refractivity contribution >= 4 is 23.2 Å². The molecule has 1 aliphatic heterocycles. The number of aliphatic carboxylic acids is 1. The molecule has 0 aliphatic carbocycles. The second-order valence-electron chi connectivity index (χ2n) is 5.28. The van der Waals surface area contributed by atoms with Crippen LogP contribution in [0.15, 0.2) is 5.51 Å². The lowest BCUT2D eigenvalue weighted by Crippen LogP contribution is -2.49. The number of rotatable bonds is 4. The number of nitrogens with zero attached hydrogens (tertiary/aromatic N) is 2. The fraction of sp³-hybridized carbons (Fsp3) is 0.643. The second kappa shape index (κ2) is 6.35. The first-order chi connectivity index (χ1) is 9.50. The molecule has 0 radical (unpaired) electrons. The molecule has 0 unspecified atom stereocenters. The Balaban J connectivity index is 1.94. The average Bonchev–Trinajstić information content (AvgIpc) is 2.81. The fourth-order valence-electron chi connectivity index (χ4n) is 2.76. The third-order valence-corrected chi connectivity index (χ3v) is 5.03. The molecule has 0 bridgehead atoms. The highest BCUT2D eigenvalue weighted by Crippen LogP contribution is 2.25. The van der Waals surface area contributed by atoms with Crippen molar-refractivity contribution in [3.8, 4) is 0 Å². The number of aryl methyl sites for hydroxylation is 2. The Hall–Kier alpha value is -1.43. The van der Waals surface area contributed by atoms with Gasteiger partial charge in [-0.05, 0) is 33.1 Å². The van der Waals surface area contributed by atoms with E-state index in [1.807, 2.05) is 13.8 Å². The van der Waals surface area contributed by atoms with Crippen LogP contribution in [0.1, 0.15) is 36.8 Å². The Bertz CT molecular complexity index is 500. The van der Waals surface area contributed by atoms with E-state index < -0.39 is 11.9 Å². The van der Waals surface area contributed by atoms with Crippen LogP contribution in [-0.4, -0.2) is 39.5 Å². The number of hydrogen-bond acceptors (Lipinski definition) is 4. The average molecular weight is 296 g/mol. The molecule has 0 aromatic carbocycles. The summed E-state index contributed by atoms with van der Waals surface area (Å²) in [6, 6.07) is -0.212. The zero-order valence-corrected chi connectivity index (χ0v) is 12.7. The van der Waals surface area contributed by atoms with Crippen molar-refractivity contribution in [1.82, 2.24) is 9.88 Å². The minimum atomic E-state index is -0.798. The van der Waals surface area contributed by atoms with E-state index in [2.05, 4.69) is 4.98 Å². The summed E-state index contributed by atoms with van der Waals surface area (Å²) in [5.74, 6) is -1.18. The molecule has 5 nitrogen and oxygen atoms in total. The number of hydrogen-bond donors (Lipinski definition) is 1. The lowest BCUT2D eigenvalue weighted by molar-refractivity contribution is -0.149. The lowest BCUT2D eigenvalue weighted by atomic mass is 9.90. The Morgan fingerprint density at radius 2 is 2.30 bits per heavy atom. The molecule has 2 rings (SSSR count). The van der Waals surface area contributed by atoms with Gasteiger partial charge in [-0.15, -0.1) is 11.3 Å². The van der Waals surface area contributed by atoms with Crippen molar-refractivity contribution in [2.75, 3.05) is 6.54 Å². The van der Waals surface area contributed by atoms with Crippen LogP contribution in [0, 0.1) is 12.8 Å². The van der Waals surface area contributed by atoms with Gasteiger partial charge in [-0.25, -0.2) is 4.98 Å². The fourth-order valence-corrected chi connectivity index (χ4v) is 3.54. The van der Waals surface area contributed by atoms with Crippen LogP contribution in [0.2, 0.25) is 0 Å². The number of amides is 1. The molecule has 0 spiro atoms. The summed E-state index contributed by atoms with van der Waals surface area (Å²) in [6.45, 7) is 4.46. The van der Waals surface area contributed by atoms with E-state index in [1.165, 1.54) is 0 Å². The molecule has 110 valence electrons. The van der Waals surface area contributed by atoms with Crippen LogP contribution >= 0.6 is 11.3 Å². The molecule has 2 heterocycles. The molecular weight excluding hydrogens is 276 g/mol. The Morgan fingerprint density at radius 1 is 1.55 bits per heavy atom. The highest BCUT2D eigenvalue weighted by Gasteiger charge is 2.34. The zero-order valence-electron chi connectivity index (χ0n) is 11.8. The van der Waals surface area contributed by atoms with E-state index in [4.69, 9.17) is 0 Å². The van der Waals surface area contributed by atoms with Crippen molar-refractivity contribution in [2.45, 2.75) is 45.6 Å². The van der Waals surface area contributed by atoms with Crippen molar-refractivity contribution < 1.29 is 14.7 Å². The maximum Gasteiger partial charge on any atom is 0.308 e. The Kier molecular flexibility index (Phi) is 4.75. The van der Waals surface area contributed by atoms with Gasteiger partial charge in [0, 0.05) is 23.9 Å². The Morgan fingerprint density at radius 3 is 2.90 bits per heavy atom. The molecule has 1 fully saturated rings. The van der Waals surface area contributed by atoms with Gasteiger partial charge in [0.2, 0.25) is 5.91 Å². The quantitative estimate of drug-likeness (QED) is 0.923. The van der Waals surface area contributed by atoms with E-state index in [1.54, 1.807) is 21.7 Å².